The van der Waals surface area contributed by atoms with Crippen molar-refractivity contribution in [1.82, 2.24) is 20.0 Å². The van der Waals surface area contributed by atoms with Gasteiger partial charge in [0.05, 0.1) is 18.9 Å². The van der Waals surface area contributed by atoms with E-state index in [1.807, 2.05) is 25.2 Å². The second-order valence-electron chi connectivity index (χ2n) is 6.32. The summed E-state index contributed by atoms with van der Waals surface area (Å²) >= 11 is 0. The van der Waals surface area contributed by atoms with Gasteiger partial charge in [-0.15, -0.1) is 0 Å². The lowest BCUT2D eigenvalue weighted by atomic mass is 10.1. The topological polar surface area (TPSA) is 77.9 Å². The van der Waals surface area contributed by atoms with Crippen LogP contribution in [-0.2, 0) is 11.8 Å². The highest BCUT2D eigenvalue weighted by Gasteiger charge is 2.18. The van der Waals surface area contributed by atoms with Crippen molar-refractivity contribution in [2.24, 2.45) is 7.05 Å². The van der Waals surface area contributed by atoms with E-state index in [1.54, 1.807) is 10.7 Å². The number of aromatic nitrogens is 2. The number of benzene rings is 1. The first kappa shape index (κ1) is 16.9. The van der Waals surface area contributed by atoms with Crippen LogP contribution in [0.5, 0.6) is 11.5 Å². The lowest BCUT2D eigenvalue weighted by Gasteiger charge is -2.26. The first-order chi connectivity index (χ1) is 12.7. The number of carbonyl (C=O) groups is 1. The van der Waals surface area contributed by atoms with E-state index in [-0.39, 0.29) is 12.7 Å². The standard InChI is InChI=1S/C18H22N4O4/c1-21-15(13-2-3-16-17(10-13)26-12-25-16)11-14(20-21)18(23)19-4-5-22-6-8-24-9-7-22/h2-3,10-11H,4-9,12H2,1H3,(H,19,23). The summed E-state index contributed by atoms with van der Waals surface area (Å²) in [5.41, 5.74) is 2.18. The lowest BCUT2D eigenvalue weighted by Crippen LogP contribution is -2.41. The summed E-state index contributed by atoms with van der Waals surface area (Å²) in [5.74, 6) is 1.28. The van der Waals surface area contributed by atoms with Crippen LogP contribution in [0, 0.1) is 0 Å². The molecule has 8 nitrogen and oxygen atoms in total. The summed E-state index contributed by atoms with van der Waals surface area (Å²) < 4.78 is 17.8. The molecule has 3 heterocycles. The van der Waals surface area contributed by atoms with Gasteiger partial charge < -0.3 is 19.5 Å². The fourth-order valence-electron chi connectivity index (χ4n) is 3.15. The van der Waals surface area contributed by atoms with Gasteiger partial charge >= 0.3 is 0 Å². The van der Waals surface area contributed by atoms with Crippen molar-refractivity contribution in [3.8, 4) is 22.8 Å². The number of aryl methyl sites for hydroxylation is 1. The van der Waals surface area contributed by atoms with Crippen molar-refractivity contribution in [3.63, 3.8) is 0 Å². The molecular formula is C18H22N4O4. The molecule has 1 N–H and O–H groups in total. The minimum atomic E-state index is -0.166. The van der Waals surface area contributed by atoms with Gasteiger partial charge in [-0.3, -0.25) is 14.4 Å². The molecule has 0 unspecified atom stereocenters. The fourth-order valence-corrected chi connectivity index (χ4v) is 3.15. The van der Waals surface area contributed by atoms with Gasteiger partial charge in [0.2, 0.25) is 6.79 Å². The SMILES string of the molecule is Cn1nc(C(=O)NCCN2CCOCC2)cc1-c1ccc2c(c1)OCO2. The molecule has 1 fully saturated rings. The number of amides is 1. The number of hydrogen-bond donors (Lipinski definition) is 1. The highest BCUT2D eigenvalue weighted by molar-refractivity contribution is 5.93. The second kappa shape index (κ2) is 7.35. The third-order valence-electron chi connectivity index (χ3n) is 4.60. The van der Waals surface area contributed by atoms with Gasteiger partial charge in [0.25, 0.3) is 5.91 Å². The summed E-state index contributed by atoms with van der Waals surface area (Å²) in [7, 11) is 1.82. The summed E-state index contributed by atoms with van der Waals surface area (Å²) in [5, 5.41) is 7.28. The highest BCUT2D eigenvalue weighted by atomic mass is 16.7. The van der Waals surface area contributed by atoms with E-state index in [1.165, 1.54) is 0 Å². The third-order valence-corrected chi connectivity index (χ3v) is 4.60. The normalized spacial score (nSPS) is 16.7. The Kier molecular flexibility index (Phi) is 4.77. The lowest BCUT2D eigenvalue weighted by molar-refractivity contribution is 0.0383. The maximum atomic E-state index is 12.4. The summed E-state index contributed by atoms with van der Waals surface area (Å²) in [6.45, 7) is 4.98. The summed E-state index contributed by atoms with van der Waals surface area (Å²) in [4.78, 5) is 14.7. The van der Waals surface area contributed by atoms with Gasteiger partial charge in [-0.2, -0.15) is 5.10 Å². The Bertz CT molecular complexity index is 798. The molecule has 1 saturated heterocycles. The maximum absolute atomic E-state index is 12.4. The summed E-state index contributed by atoms with van der Waals surface area (Å²) in [6.07, 6.45) is 0. The number of fused-ring (bicyclic) bond motifs is 1. The molecule has 0 bridgehead atoms. The first-order valence-corrected chi connectivity index (χ1v) is 8.73. The van der Waals surface area contributed by atoms with E-state index in [9.17, 15) is 4.79 Å². The summed E-state index contributed by atoms with van der Waals surface area (Å²) in [6, 6.07) is 7.50. The minimum absolute atomic E-state index is 0.166. The van der Waals surface area contributed by atoms with Crippen molar-refractivity contribution in [1.29, 1.82) is 0 Å². The zero-order valence-corrected chi connectivity index (χ0v) is 14.7. The van der Waals surface area contributed by atoms with E-state index in [0.29, 0.717) is 18.0 Å². The zero-order valence-electron chi connectivity index (χ0n) is 14.7. The monoisotopic (exact) mass is 358 g/mol. The molecule has 1 aromatic carbocycles. The van der Waals surface area contributed by atoms with E-state index in [4.69, 9.17) is 14.2 Å². The number of nitrogens with zero attached hydrogens (tertiary/aromatic N) is 3. The van der Waals surface area contributed by atoms with Gasteiger partial charge in [-0.05, 0) is 24.3 Å². The van der Waals surface area contributed by atoms with Crippen LogP contribution in [0.4, 0.5) is 0 Å². The molecule has 2 aliphatic rings. The highest BCUT2D eigenvalue weighted by Crippen LogP contribution is 2.35. The molecular weight excluding hydrogens is 336 g/mol. The average Bonchev–Trinajstić information content (AvgIpc) is 3.28. The zero-order chi connectivity index (χ0) is 17.9. The van der Waals surface area contributed by atoms with Crippen LogP contribution in [0.15, 0.2) is 24.3 Å². The Morgan fingerprint density at radius 3 is 2.85 bits per heavy atom. The first-order valence-electron chi connectivity index (χ1n) is 8.73. The van der Waals surface area contributed by atoms with Crippen LogP contribution in [0.1, 0.15) is 10.5 Å². The van der Waals surface area contributed by atoms with Crippen molar-refractivity contribution in [2.45, 2.75) is 0 Å². The molecule has 0 radical (unpaired) electrons. The number of morpholine rings is 1. The van der Waals surface area contributed by atoms with Crippen molar-refractivity contribution in [3.05, 3.63) is 30.0 Å². The minimum Gasteiger partial charge on any atom is -0.454 e. The molecule has 2 aromatic rings. The molecule has 1 aromatic heterocycles. The molecule has 0 saturated carbocycles. The van der Waals surface area contributed by atoms with Crippen LogP contribution in [0.25, 0.3) is 11.3 Å². The quantitative estimate of drug-likeness (QED) is 0.855. The number of nitrogens with one attached hydrogen (secondary N) is 1. The smallest absolute Gasteiger partial charge is 0.271 e. The average molecular weight is 358 g/mol. The van der Waals surface area contributed by atoms with Gasteiger partial charge in [-0.1, -0.05) is 0 Å². The van der Waals surface area contributed by atoms with Gasteiger partial charge in [0.15, 0.2) is 17.2 Å². The van der Waals surface area contributed by atoms with E-state index in [0.717, 1.165) is 49.9 Å². The van der Waals surface area contributed by atoms with Crippen LogP contribution < -0.4 is 14.8 Å². The van der Waals surface area contributed by atoms with E-state index >= 15 is 0 Å². The number of hydrogen-bond acceptors (Lipinski definition) is 6. The second-order valence-corrected chi connectivity index (χ2v) is 6.32. The molecule has 8 heteroatoms. The largest absolute Gasteiger partial charge is 0.454 e. The molecule has 26 heavy (non-hydrogen) atoms. The van der Waals surface area contributed by atoms with Crippen LogP contribution in [0.3, 0.4) is 0 Å². The van der Waals surface area contributed by atoms with Crippen molar-refractivity contribution in [2.75, 3.05) is 46.2 Å². The maximum Gasteiger partial charge on any atom is 0.271 e. The Balaban J connectivity index is 1.40. The molecule has 0 atom stereocenters. The molecule has 4 rings (SSSR count). The predicted molar refractivity (Wildman–Crippen MR) is 94.4 cm³/mol. The molecule has 2 aliphatic heterocycles. The fraction of sp³-hybridized carbons (Fsp3) is 0.444. The molecule has 0 spiro atoms. The third kappa shape index (κ3) is 3.51. The van der Waals surface area contributed by atoms with Gasteiger partial charge in [0, 0.05) is 38.8 Å². The van der Waals surface area contributed by atoms with Crippen LogP contribution in [-0.4, -0.2) is 66.8 Å². The Hall–Kier alpha value is -2.58. The van der Waals surface area contributed by atoms with Crippen molar-refractivity contribution >= 4 is 5.91 Å². The Morgan fingerprint density at radius 2 is 2.00 bits per heavy atom. The van der Waals surface area contributed by atoms with Crippen LogP contribution >= 0.6 is 0 Å². The Morgan fingerprint density at radius 1 is 1.19 bits per heavy atom. The number of ether oxygens (including phenoxy) is 3. The van der Waals surface area contributed by atoms with Crippen LogP contribution in [0.2, 0.25) is 0 Å². The number of rotatable bonds is 5. The molecule has 138 valence electrons. The van der Waals surface area contributed by atoms with Gasteiger partial charge in [-0.25, -0.2) is 0 Å². The Labute approximate surface area is 151 Å². The molecule has 0 aliphatic carbocycles. The molecule has 1 amide bonds. The predicted octanol–water partition coefficient (Wildman–Crippen LogP) is 0.878. The van der Waals surface area contributed by atoms with E-state index < -0.39 is 0 Å². The van der Waals surface area contributed by atoms with Crippen molar-refractivity contribution < 1.29 is 19.0 Å². The number of carbonyl (C=O) groups excluding carboxylic acids is 1. The van der Waals surface area contributed by atoms with Gasteiger partial charge in [0.1, 0.15) is 0 Å². The van der Waals surface area contributed by atoms with E-state index in [2.05, 4.69) is 15.3 Å².